The summed E-state index contributed by atoms with van der Waals surface area (Å²) in [6.45, 7) is 16.2. The van der Waals surface area contributed by atoms with E-state index < -0.39 is 22.4 Å². The van der Waals surface area contributed by atoms with Crippen LogP contribution in [0.3, 0.4) is 0 Å². The molecule has 2 heterocycles. The molecule has 0 radical (unpaired) electrons. The SMILES string of the molecule is CCO/C(=C\[C@@H]1CCCN2C(=O)c3ccccc3[C@]12O[Si](C)(C)C)O[Si](C)(C)C. The third kappa shape index (κ3) is 4.46. The molecule has 2 atom stereocenters. The third-order valence-electron chi connectivity index (χ3n) is 5.08. The van der Waals surface area contributed by atoms with E-state index in [1.165, 1.54) is 0 Å². The van der Waals surface area contributed by atoms with Crippen LogP contribution in [0.4, 0.5) is 0 Å². The molecule has 1 fully saturated rings. The molecule has 7 heteroatoms. The Kier molecular flexibility index (Phi) is 6.04. The first-order chi connectivity index (χ1) is 13.5. The van der Waals surface area contributed by atoms with E-state index >= 15 is 0 Å². The van der Waals surface area contributed by atoms with E-state index in [9.17, 15) is 4.79 Å². The van der Waals surface area contributed by atoms with Gasteiger partial charge < -0.3 is 18.5 Å². The summed E-state index contributed by atoms with van der Waals surface area (Å²) in [5.41, 5.74) is 0.967. The summed E-state index contributed by atoms with van der Waals surface area (Å²) >= 11 is 0. The summed E-state index contributed by atoms with van der Waals surface area (Å²) in [4.78, 5) is 15.2. The van der Waals surface area contributed by atoms with Gasteiger partial charge in [0.1, 0.15) is 0 Å². The summed E-state index contributed by atoms with van der Waals surface area (Å²) in [6, 6.07) is 7.91. The molecule has 2 aliphatic heterocycles. The zero-order chi connectivity index (χ0) is 21.4. The van der Waals surface area contributed by atoms with Crippen molar-refractivity contribution in [3.8, 4) is 0 Å². The van der Waals surface area contributed by atoms with Crippen LogP contribution in [0.5, 0.6) is 0 Å². The first-order valence-electron chi connectivity index (χ1n) is 10.6. The average molecular weight is 434 g/mol. The summed E-state index contributed by atoms with van der Waals surface area (Å²) in [5.74, 6) is 0.628. The van der Waals surface area contributed by atoms with E-state index in [4.69, 9.17) is 13.6 Å². The highest BCUT2D eigenvalue weighted by atomic mass is 28.4. The number of benzene rings is 1. The van der Waals surface area contributed by atoms with Crippen LogP contribution in [0.2, 0.25) is 39.3 Å². The molecule has 5 nitrogen and oxygen atoms in total. The molecule has 0 N–H and O–H groups in total. The average Bonchev–Trinajstić information content (AvgIpc) is 2.83. The molecule has 0 aliphatic carbocycles. The summed E-state index contributed by atoms with van der Waals surface area (Å²) in [5, 5.41) is 0. The van der Waals surface area contributed by atoms with E-state index in [0.29, 0.717) is 19.1 Å². The summed E-state index contributed by atoms with van der Waals surface area (Å²) in [7, 11) is -3.83. The predicted octanol–water partition coefficient (Wildman–Crippen LogP) is 5.29. The first kappa shape index (κ1) is 22.1. The van der Waals surface area contributed by atoms with Gasteiger partial charge in [-0.3, -0.25) is 4.79 Å². The number of carbonyl (C=O) groups excluding carboxylic acids is 1. The Morgan fingerprint density at radius 3 is 2.48 bits per heavy atom. The zero-order valence-corrected chi connectivity index (χ0v) is 20.9. The van der Waals surface area contributed by atoms with Gasteiger partial charge in [-0.15, -0.1) is 0 Å². The second-order valence-corrected chi connectivity index (χ2v) is 18.7. The second kappa shape index (κ2) is 7.92. The highest BCUT2D eigenvalue weighted by Crippen LogP contribution is 2.51. The van der Waals surface area contributed by atoms with Gasteiger partial charge >= 0.3 is 0 Å². The molecule has 2 aliphatic rings. The van der Waals surface area contributed by atoms with Crippen molar-refractivity contribution in [1.29, 1.82) is 0 Å². The Morgan fingerprint density at radius 1 is 1.17 bits per heavy atom. The van der Waals surface area contributed by atoms with Crippen molar-refractivity contribution in [1.82, 2.24) is 4.90 Å². The highest BCUT2D eigenvalue weighted by molar-refractivity contribution is 6.70. The molecule has 0 saturated carbocycles. The molecule has 160 valence electrons. The Bertz CT molecular complexity index is 797. The lowest BCUT2D eigenvalue weighted by molar-refractivity contribution is -0.120. The van der Waals surface area contributed by atoms with Gasteiger partial charge in [0.15, 0.2) is 14.0 Å². The number of carbonyl (C=O) groups is 1. The summed E-state index contributed by atoms with van der Waals surface area (Å²) in [6.07, 6.45) is 3.95. The first-order valence-corrected chi connectivity index (χ1v) is 17.4. The quantitative estimate of drug-likeness (QED) is 0.433. The van der Waals surface area contributed by atoms with E-state index in [0.717, 1.165) is 24.0 Å². The summed E-state index contributed by atoms with van der Waals surface area (Å²) < 4.78 is 19.0. The van der Waals surface area contributed by atoms with Crippen molar-refractivity contribution in [3.05, 3.63) is 47.4 Å². The number of nitrogens with zero attached hydrogens (tertiary/aromatic N) is 1. The third-order valence-corrected chi connectivity index (χ3v) is 6.82. The van der Waals surface area contributed by atoms with Gasteiger partial charge in [0.05, 0.1) is 6.61 Å². The fourth-order valence-corrected chi connectivity index (χ4v) is 6.36. The van der Waals surface area contributed by atoms with E-state index in [-0.39, 0.29) is 11.8 Å². The zero-order valence-electron chi connectivity index (χ0n) is 18.9. The molecule has 3 rings (SSSR count). The predicted molar refractivity (Wildman–Crippen MR) is 120 cm³/mol. The van der Waals surface area contributed by atoms with E-state index in [2.05, 4.69) is 51.4 Å². The van der Waals surface area contributed by atoms with Crippen LogP contribution >= 0.6 is 0 Å². The van der Waals surface area contributed by atoms with Crippen LogP contribution in [-0.4, -0.2) is 40.6 Å². The molecule has 1 saturated heterocycles. The number of ether oxygens (including phenoxy) is 1. The smallest absolute Gasteiger partial charge is 0.261 e. The van der Waals surface area contributed by atoms with Crippen molar-refractivity contribution in [3.63, 3.8) is 0 Å². The van der Waals surface area contributed by atoms with Gasteiger partial charge in [-0.1, -0.05) is 18.2 Å². The van der Waals surface area contributed by atoms with Crippen molar-refractivity contribution in [2.24, 2.45) is 5.92 Å². The Morgan fingerprint density at radius 2 is 1.86 bits per heavy atom. The van der Waals surface area contributed by atoms with Gasteiger partial charge in [0, 0.05) is 29.7 Å². The number of amides is 1. The Hall–Kier alpha value is -1.58. The second-order valence-electron chi connectivity index (χ2n) is 9.80. The number of hydrogen-bond acceptors (Lipinski definition) is 4. The molecule has 1 aromatic rings. The fraction of sp³-hybridized carbons (Fsp3) is 0.591. The molecule has 1 amide bonds. The van der Waals surface area contributed by atoms with E-state index in [1.54, 1.807) is 0 Å². The van der Waals surface area contributed by atoms with Crippen LogP contribution < -0.4 is 0 Å². The van der Waals surface area contributed by atoms with Crippen LogP contribution in [0.1, 0.15) is 35.7 Å². The lowest BCUT2D eigenvalue weighted by Crippen LogP contribution is -2.57. The standard InChI is InChI=1S/C22H35NO4Si2/c1-8-25-20(26-28(2,3)4)16-17-12-11-15-23-21(24)18-13-9-10-14-19(18)22(17,23)27-29(5,6)7/h9-10,13-14,16-17H,8,11-12,15H2,1-7H3/b20-16+/t17-,22+/m0/s1. The Labute approximate surface area is 177 Å². The maximum Gasteiger partial charge on any atom is 0.261 e. The van der Waals surface area contributed by atoms with Gasteiger partial charge in [0.25, 0.3) is 11.9 Å². The highest BCUT2D eigenvalue weighted by Gasteiger charge is 2.58. The van der Waals surface area contributed by atoms with Crippen molar-refractivity contribution < 1.29 is 18.4 Å². The lowest BCUT2D eigenvalue weighted by atomic mass is 9.82. The minimum atomic E-state index is -1.99. The molecule has 1 aromatic carbocycles. The number of hydrogen-bond donors (Lipinski definition) is 0. The van der Waals surface area contributed by atoms with E-state index in [1.807, 2.05) is 30.0 Å². The molecule has 29 heavy (non-hydrogen) atoms. The topological polar surface area (TPSA) is 48.0 Å². The molecule has 0 spiro atoms. The number of piperidine rings is 1. The van der Waals surface area contributed by atoms with Crippen LogP contribution in [0.25, 0.3) is 0 Å². The lowest BCUT2D eigenvalue weighted by Gasteiger charge is -2.50. The van der Waals surface area contributed by atoms with Crippen molar-refractivity contribution in [2.75, 3.05) is 13.2 Å². The minimum absolute atomic E-state index is 0.0199. The van der Waals surface area contributed by atoms with Gasteiger partial charge in [-0.25, -0.2) is 0 Å². The van der Waals surface area contributed by atoms with Crippen LogP contribution in [0.15, 0.2) is 36.3 Å². The van der Waals surface area contributed by atoms with Crippen LogP contribution in [-0.2, 0) is 19.3 Å². The molecule has 0 aromatic heterocycles. The van der Waals surface area contributed by atoms with Crippen molar-refractivity contribution >= 4 is 22.5 Å². The molecule has 0 bridgehead atoms. The molecular weight excluding hydrogens is 398 g/mol. The Balaban J connectivity index is 2.15. The fourth-order valence-electron chi connectivity index (χ4n) is 4.32. The number of rotatable bonds is 7. The monoisotopic (exact) mass is 433 g/mol. The van der Waals surface area contributed by atoms with Gasteiger partial charge in [-0.05, 0) is 65.1 Å². The van der Waals surface area contributed by atoms with Crippen LogP contribution in [0, 0.1) is 5.92 Å². The maximum atomic E-state index is 13.3. The minimum Gasteiger partial charge on any atom is -0.520 e. The number of fused-ring (bicyclic) bond motifs is 3. The largest absolute Gasteiger partial charge is 0.520 e. The van der Waals surface area contributed by atoms with Gasteiger partial charge in [-0.2, -0.15) is 0 Å². The molecule has 0 unspecified atom stereocenters. The maximum absolute atomic E-state index is 13.3. The molecular formula is C22H35NO4Si2. The van der Waals surface area contributed by atoms with Gasteiger partial charge in [0.2, 0.25) is 8.32 Å². The normalized spacial score (nSPS) is 24.9. The van der Waals surface area contributed by atoms with Crippen molar-refractivity contribution in [2.45, 2.75) is 64.8 Å².